The third kappa shape index (κ3) is 3.72. The molecule has 166 valence electrons. The van der Waals surface area contributed by atoms with Gasteiger partial charge >= 0.3 is 0 Å². The number of sulfone groups is 1. The summed E-state index contributed by atoms with van der Waals surface area (Å²) >= 11 is 6.79. The maximum Gasteiger partial charge on any atom is 0.257 e. The molecule has 10 heteroatoms. The van der Waals surface area contributed by atoms with Crippen molar-refractivity contribution in [2.24, 2.45) is 0 Å². The molecular formula is C21H25ClN4O4S. The minimum absolute atomic E-state index is 0.0207. The van der Waals surface area contributed by atoms with E-state index in [1.807, 2.05) is 31.2 Å². The van der Waals surface area contributed by atoms with E-state index in [0.29, 0.717) is 41.5 Å². The normalized spacial score (nSPS) is 27.4. The molecule has 4 heterocycles. The first-order valence-electron chi connectivity index (χ1n) is 10.6. The highest BCUT2D eigenvalue weighted by Crippen LogP contribution is 2.39. The number of hydrogen-bond acceptors (Lipinski definition) is 6. The number of hydrogen-bond donors (Lipinski definition) is 1. The number of carbonyl (C=O) groups is 1. The quantitative estimate of drug-likeness (QED) is 0.747. The molecule has 0 bridgehead atoms. The third-order valence-corrected chi connectivity index (χ3v) is 8.47. The summed E-state index contributed by atoms with van der Waals surface area (Å²) in [4.78, 5) is 15.2. The monoisotopic (exact) mass is 464 g/mol. The maximum atomic E-state index is 13.4. The number of benzene rings is 1. The number of carbonyl (C=O) groups excluding carboxylic acids is 1. The number of amides is 1. The standard InChI is InChI=1S/C21H25ClN4O4S/c1-13-18(19(22)26(24-13)14-8-10-31(28,29)12-14)20-23-17-7-3-2-6-16(17)21(27)25(20)11-15-5-4-9-30-15/h2-3,6-7,14-15,20,23H,4-5,8-12H2,1H3/t14-,15+,20+/m1/s1. The molecule has 1 N–H and O–H groups in total. The van der Waals surface area contributed by atoms with Gasteiger partial charge in [-0.1, -0.05) is 23.7 Å². The number of nitrogens with one attached hydrogen (secondary N) is 1. The Kier molecular flexibility index (Phi) is 5.22. The summed E-state index contributed by atoms with van der Waals surface area (Å²) in [5.41, 5.74) is 2.73. The first kappa shape index (κ1) is 20.8. The van der Waals surface area contributed by atoms with Gasteiger partial charge in [0.25, 0.3) is 5.91 Å². The fourth-order valence-electron chi connectivity index (χ4n) is 4.77. The lowest BCUT2D eigenvalue weighted by atomic mass is 10.0. The molecule has 5 rings (SSSR count). The molecule has 3 aliphatic heterocycles. The third-order valence-electron chi connectivity index (χ3n) is 6.35. The molecule has 1 aromatic carbocycles. The summed E-state index contributed by atoms with van der Waals surface area (Å²) in [6.07, 6.45) is 1.85. The molecular weight excluding hydrogens is 440 g/mol. The van der Waals surface area contributed by atoms with Crippen molar-refractivity contribution in [2.75, 3.05) is 30.0 Å². The van der Waals surface area contributed by atoms with E-state index in [1.54, 1.807) is 9.58 Å². The Labute approximate surface area is 186 Å². The Balaban J connectivity index is 1.54. The minimum atomic E-state index is -3.08. The second kappa shape index (κ2) is 7.79. The molecule has 2 fully saturated rings. The summed E-state index contributed by atoms with van der Waals surface area (Å²) in [6, 6.07) is 7.13. The van der Waals surface area contributed by atoms with Crippen molar-refractivity contribution < 1.29 is 17.9 Å². The van der Waals surface area contributed by atoms with Crippen LogP contribution in [-0.2, 0) is 14.6 Å². The van der Waals surface area contributed by atoms with E-state index < -0.39 is 16.0 Å². The van der Waals surface area contributed by atoms with Gasteiger partial charge in [0.15, 0.2) is 9.84 Å². The topological polar surface area (TPSA) is 93.5 Å². The molecule has 0 spiro atoms. The summed E-state index contributed by atoms with van der Waals surface area (Å²) in [5.74, 6) is 0.0924. The Morgan fingerprint density at radius 3 is 2.81 bits per heavy atom. The number of aromatic nitrogens is 2. The fraction of sp³-hybridized carbons (Fsp3) is 0.524. The van der Waals surface area contributed by atoms with E-state index in [4.69, 9.17) is 16.3 Å². The number of fused-ring (bicyclic) bond motifs is 1. The Hall–Kier alpha value is -2.10. The number of halogens is 1. The summed E-state index contributed by atoms with van der Waals surface area (Å²) in [5, 5.41) is 8.43. The van der Waals surface area contributed by atoms with E-state index >= 15 is 0 Å². The highest BCUT2D eigenvalue weighted by atomic mass is 35.5. The van der Waals surface area contributed by atoms with Crippen LogP contribution in [0.4, 0.5) is 5.69 Å². The van der Waals surface area contributed by atoms with Crippen molar-refractivity contribution in [1.29, 1.82) is 0 Å². The molecule has 0 unspecified atom stereocenters. The van der Waals surface area contributed by atoms with E-state index in [9.17, 15) is 13.2 Å². The highest BCUT2D eigenvalue weighted by Gasteiger charge is 2.39. The zero-order chi connectivity index (χ0) is 21.8. The zero-order valence-electron chi connectivity index (χ0n) is 17.3. The van der Waals surface area contributed by atoms with Gasteiger partial charge in [-0.25, -0.2) is 13.1 Å². The van der Waals surface area contributed by atoms with Gasteiger partial charge < -0.3 is 15.0 Å². The number of rotatable bonds is 4. The van der Waals surface area contributed by atoms with E-state index in [-0.39, 0.29) is 29.6 Å². The number of anilines is 1. The molecule has 8 nitrogen and oxygen atoms in total. The second-order valence-corrected chi connectivity index (χ2v) is 11.1. The van der Waals surface area contributed by atoms with Crippen LogP contribution < -0.4 is 5.32 Å². The lowest BCUT2D eigenvalue weighted by Gasteiger charge is -2.39. The van der Waals surface area contributed by atoms with Gasteiger partial charge in [0, 0.05) is 18.8 Å². The average molecular weight is 465 g/mol. The van der Waals surface area contributed by atoms with Gasteiger partial charge in [-0.2, -0.15) is 5.10 Å². The van der Waals surface area contributed by atoms with Crippen molar-refractivity contribution >= 4 is 33.0 Å². The Morgan fingerprint density at radius 2 is 2.10 bits per heavy atom. The summed E-state index contributed by atoms with van der Waals surface area (Å²) < 4.78 is 31.4. The SMILES string of the molecule is Cc1nn([C@@H]2CCS(=O)(=O)C2)c(Cl)c1[C@H]1Nc2ccccc2C(=O)N1C[C@@H]1CCCO1. The van der Waals surface area contributed by atoms with Gasteiger partial charge in [-0.15, -0.1) is 0 Å². The Morgan fingerprint density at radius 1 is 1.29 bits per heavy atom. The van der Waals surface area contributed by atoms with Crippen molar-refractivity contribution in [3.63, 3.8) is 0 Å². The number of nitrogens with zero attached hydrogens (tertiary/aromatic N) is 3. The molecule has 2 aromatic rings. The van der Waals surface area contributed by atoms with Crippen LogP contribution >= 0.6 is 11.6 Å². The van der Waals surface area contributed by atoms with Crippen molar-refractivity contribution in [2.45, 2.75) is 44.5 Å². The largest absolute Gasteiger partial charge is 0.376 e. The number of ether oxygens (including phenoxy) is 1. The van der Waals surface area contributed by atoms with Crippen LogP contribution in [0, 0.1) is 6.92 Å². The molecule has 0 aliphatic carbocycles. The molecule has 3 atom stereocenters. The predicted octanol–water partition coefficient (Wildman–Crippen LogP) is 2.95. The van der Waals surface area contributed by atoms with Crippen LogP contribution in [0.25, 0.3) is 0 Å². The van der Waals surface area contributed by atoms with Crippen LogP contribution in [0.2, 0.25) is 5.15 Å². The van der Waals surface area contributed by atoms with E-state index in [1.165, 1.54) is 0 Å². The Bertz CT molecular complexity index is 1130. The minimum Gasteiger partial charge on any atom is -0.376 e. The summed E-state index contributed by atoms with van der Waals surface area (Å²) in [6.45, 7) is 3.00. The predicted molar refractivity (Wildman–Crippen MR) is 117 cm³/mol. The first-order chi connectivity index (χ1) is 14.8. The van der Waals surface area contributed by atoms with Crippen molar-refractivity contribution in [1.82, 2.24) is 14.7 Å². The van der Waals surface area contributed by atoms with Gasteiger partial charge in [-0.3, -0.25) is 4.79 Å². The van der Waals surface area contributed by atoms with E-state index in [0.717, 1.165) is 18.5 Å². The number of aryl methyl sites for hydroxylation is 1. The van der Waals surface area contributed by atoms with Gasteiger partial charge in [-0.05, 0) is 38.3 Å². The van der Waals surface area contributed by atoms with Crippen LogP contribution in [0.5, 0.6) is 0 Å². The van der Waals surface area contributed by atoms with E-state index in [2.05, 4.69) is 10.4 Å². The summed E-state index contributed by atoms with van der Waals surface area (Å²) in [7, 11) is -3.08. The van der Waals surface area contributed by atoms with Gasteiger partial charge in [0.05, 0.1) is 40.5 Å². The molecule has 31 heavy (non-hydrogen) atoms. The number of para-hydroxylation sites is 1. The second-order valence-electron chi connectivity index (χ2n) is 8.48. The van der Waals surface area contributed by atoms with Crippen LogP contribution in [-0.4, -0.2) is 59.8 Å². The van der Waals surface area contributed by atoms with Crippen LogP contribution in [0.15, 0.2) is 24.3 Å². The van der Waals surface area contributed by atoms with Crippen LogP contribution in [0.3, 0.4) is 0 Å². The zero-order valence-corrected chi connectivity index (χ0v) is 18.8. The highest BCUT2D eigenvalue weighted by molar-refractivity contribution is 7.91. The first-order valence-corrected chi connectivity index (χ1v) is 12.8. The maximum absolute atomic E-state index is 13.4. The lowest BCUT2D eigenvalue weighted by molar-refractivity contribution is 0.0426. The lowest BCUT2D eigenvalue weighted by Crippen LogP contribution is -2.46. The van der Waals surface area contributed by atoms with Gasteiger partial charge in [0.2, 0.25) is 0 Å². The van der Waals surface area contributed by atoms with Crippen molar-refractivity contribution in [3.8, 4) is 0 Å². The average Bonchev–Trinajstić information content (AvgIpc) is 3.44. The molecule has 3 aliphatic rings. The smallest absolute Gasteiger partial charge is 0.257 e. The molecule has 1 aromatic heterocycles. The van der Waals surface area contributed by atoms with Crippen molar-refractivity contribution in [3.05, 3.63) is 46.2 Å². The van der Waals surface area contributed by atoms with Crippen LogP contribution in [0.1, 0.15) is 53.1 Å². The molecule has 0 radical (unpaired) electrons. The fourth-order valence-corrected chi connectivity index (χ4v) is 6.88. The van der Waals surface area contributed by atoms with Gasteiger partial charge in [0.1, 0.15) is 11.3 Å². The molecule has 2 saturated heterocycles. The molecule has 0 saturated carbocycles. The molecule has 1 amide bonds.